The lowest BCUT2D eigenvalue weighted by molar-refractivity contribution is 0.469. The molecule has 0 fully saturated rings. The van der Waals surface area contributed by atoms with Crippen molar-refractivity contribution in [2.24, 2.45) is 11.7 Å². The van der Waals surface area contributed by atoms with Gasteiger partial charge in [0.15, 0.2) is 0 Å². The highest BCUT2D eigenvalue weighted by molar-refractivity contribution is 5.29. The maximum atomic E-state index is 5.66. The summed E-state index contributed by atoms with van der Waals surface area (Å²) in [5.74, 6) is 0.722. The van der Waals surface area contributed by atoms with Crippen molar-refractivity contribution >= 4 is 0 Å². The standard InChI is InChI=1S/C11H15N/c12-8-9-5-6-10-3-1-2-4-11(10)7-9/h1-4,9H,5-8,12H2. The number of nitrogens with two attached hydrogens (primary N) is 1. The molecule has 0 heterocycles. The summed E-state index contributed by atoms with van der Waals surface area (Å²) in [4.78, 5) is 0. The maximum absolute atomic E-state index is 5.66. The highest BCUT2D eigenvalue weighted by atomic mass is 14.5. The Morgan fingerprint density at radius 1 is 1.25 bits per heavy atom. The molecule has 2 N–H and O–H groups in total. The summed E-state index contributed by atoms with van der Waals surface area (Å²) in [6, 6.07) is 8.72. The fourth-order valence-corrected chi connectivity index (χ4v) is 1.97. The van der Waals surface area contributed by atoms with E-state index in [1.165, 1.54) is 30.4 Å². The molecule has 1 aromatic carbocycles. The zero-order valence-electron chi connectivity index (χ0n) is 7.29. The summed E-state index contributed by atoms with van der Waals surface area (Å²) in [7, 11) is 0. The van der Waals surface area contributed by atoms with E-state index >= 15 is 0 Å². The van der Waals surface area contributed by atoms with Gasteiger partial charge in [-0.1, -0.05) is 24.3 Å². The average Bonchev–Trinajstić information content (AvgIpc) is 2.17. The van der Waals surface area contributed by atoms with E-state index in [1.54, 1.807) is 0 Å². The van der Waals surface area contributed by atoms with Crippen molar-refractivity contribution < 1.29 is 0 Å². The Labute approximate surface area is 73.6 Å². The van der Waals surface area contributed by atoms with E-state index in [2.05, 4.69) is 24.3 Å². The molecule has 1 atom stereocenters. The molecule has 0 aliphatic heterocycles. The van der Waals surface area contributed by atoms with Crippen LogP contribution in [0.25, 0.3) is 0 Å². The minimum absolute atomic E-state index is 0.722. The molecule has 1 heteroatoms. The Balaban J connectivity index is 2.23. The lowest BCUT2D eigenvalue weighted by Gasteiger charge is -2.22. The van der Waals surface area contributed by atoms with Crippen molar-refractivity contribution in [3.8, 4) is 0 Å². The van der Waals surface area contributed by atoms with Gasteiger partial charge in [-0.15, -0.1) is 0 Å². The Morgan fingerprint density at radius 3 is 2.75 bits per heavy atom. The summed E-state index contributed by atoms with van der Waals surface area (Å²) >= 11 is 0. The minimum atomic E-state index is 0.722. The molecule has 0 radical (unpaired) electrons. The number of hydrogen-bond donors (Lipinski definition) is 1. The quantitative estimate of drug-likeness (QED) is 0.667. The van der Waals surface area contributed by atoms with Gasteiger partial charge in [0.25, 0.3) is 0 Å². The molecule has 1 nitrogen and oxygen atoms in total. The van der Waals surface area contributed by atoms with Gasteiger partial charge in [-0.3, -0.25) is 0 Å². The highest BCUT2D eigenvalue weighted by Gasteiger charge is 2.15. The van der Waals surface area contributed by atoms with Crippen molar-refractivity contribution in [3.05, 3.63) is 35.4 Å². The Kier molecular flexibility index (Phi) is 2.13. The predicted octanol–water partition coefficient (Wildman–Crippen LogP) is 1.75. The van der Waals surface area contributed by atoms with Gasteiger partial charge in [0.05, 0.1) is 0 Å². The van der Waals surface area contributed by atoms with E-state index in [-0.39, 0.29) is 0 Å². The maximum Gasteiger partial charge on any atom is -0.00456 e. The van der Waals surface area contributed by atoms with E-state index in [4.69, 9.17) is 5.73 Å². The molecule has 0 aromatic heterocycles. The molecule has 1 aromatic rings. The molecular formula is C11H15N. The SMILES string of the molecule is NCC1CCc2ccccc2C1. The van der Waals surface area contributed by atoms with E-state index in [0.29, 0.717) is 0 Å². The third-order valence-electron chi connectivity index (χ3n) is 2.78. The third kappa shape index (κ3) is 1.37. The van der Waals surface area contributed by atoms with Gasteiger partial charge in [-0.05, 0) is 42.9 Å². The van der Waals surface area contributed by atoms with Gasteiger partial charge in [0, 0.05) is 0 Å². The molecule has 1 unspecified atom stereocenters. The van der Waals surface area contributed by atoms with Gasteiger partial charge in [0.2, 0.25) is 0 Å². The van der Waals surface area contributed by atoms with Crippen molar-refractivity contribution in [2.45, 2.75) is 19.3 Å². The van der Waals surface area contributed by atoms with E-state index < -0.39 is 0 Å². The van der Waals surface area contributed by atoms with E-state index in [0.717, 1.165) is 12.5 Å². The summed E-state index contributed by atoms with van der Waals surface area (Å²) in [5.41, 5.74) is 8.70. The first-order valence-electron chi connectivity index (χ1n) is 4.67. The first-order valence-corrected chi connectivity index (χ1v) is 4.67. The van der Waals surface area contributed by atoms with Crippen molar-refractivity contribution in [1.29, 1.82) is 0 Å². The van der Waals surface area contributed by atoms with Crippen molar-refractivity contribution in [2.75, 3.05) is 6.54 Å². The molecule has 0 saturated heterocycles. The van der Waals surface area contributed by atoms with Crippen LogP contribution in [0, 0.1) is 5.92 Å². The second-order valence-corrected chi connectivity index (χ2v) is 3.61. The van der Waals surface area contributed by atoms with Gasteiger partial charge >= 0.3 is 0 Å². The molecule has 0 bridgehead atoms. The average molecular weight is 161 g/mol. The smallest absolute Gasteiger partial charge is 0.00456 e. The molecular weight excluding hydrogens is 146 g/mol. The van der Waals surface area contributed by atoms with Gasteiger partial charge < -0.3 is 5.73 Å². The van der Waals surface area contributed by atoms with Crippen LogP contribution in [0.5, 0.6) is 0 Å². The third-order valence-corrected chi connectivity index (χ3v) is 2.78. The first-order chi connectivity index (χ1) is 5.90. The molecule has 2 rings (SSSR count). The molecule has 0 saturated carbocycles. The molecule has 12 heavy (non-hydrogen) atoms. The van der Waals surface area contributed by atoms with Crippen molar-refractivity contribution in [1.82, 2.24) is 0 Å². The minimum Gasteiger partial charge on any atom is -0.330 e. The fraction of sp³-hybridized carbons (Fsp3) is 0.455. The van der Waals surface area contributed by atoms with Crippen molar-refractivity contribution in [3.63, 3.8) is 0 Å². The summed E-state index contributed by atoms with van der Waals surface area (Å²) < 4.78 is 0. The number of rotatable bonds is 1. The molecule has 64 valence electrons. The van der Waals surface area contributed by atoms with Gasteiger partial charge in [-0.25, -0.2) is 0 Å². The Morgan fingerprint density at radius 2 is 2.00 bits per heavy atom. The van der Waals surface area contributed by atoms with E-state index in [1.807, 2.05) is 0 Å². The summed E-state index contributed by atoms with van der Waals surface area (Å²) in [6.07, 6.45) is 3.68. The Hall–Kier alpha value is -0.820. The monoisotopic (exact) mass is 161 g/mol. The van der Waals surface area contributed by atoms with Crippen LogP contribution < -0.4 is 5.73 Å². The highest BCUT2D eigenvalue weighted by Crippen LogP contribution is 2.24. The number of aryl methyl sites for hydroxylation is 1. The normalized spacial score (nSPS) is 21.9. The lowest BCUT2D eigenvalue weighted by atomic mass is 9.84. The van der Waals surface area contributed by atoms with Gasteiger partial charge in [0.1, 0.15) is 0 Å². The largest absolute Gasteiger partial charge is 0.330 e. The van der Waals surface area contributed by atoms with Gasteiger partial charge in [-0.2, -0.15) is 0 Å². The lowest BCUT2D eigenvalue weighted by Crippen LogP contribution is -2.21. The topological polar surface area (TPSA) is 26.0 Å². The summed E-state index contributed by atoms with van der Waals surface area (Å²) in [6.45, 7) is 0.842. The predicted molar refractivity (Wildman–Crippen MR) is 51.0 cm³/mol. The first kappa shape index (κ1) is 7.81. The van der Waals surface area contributed by atoms with Crippen LogP contribution in [0.3, 0.4) is 0 Å². The van der Waals surface area contributed by atoms with Crippen LogP contribution in [0.2, 0.25) is 0 Å². The van der Waals surface area contributed by atoms with Crippen LogP contribution in [-0.4, -0.2) is 6.54 Å². The molecule has 0 spiro atoms. The molecule has 0 amide bonds. The fourth-order valence-electron chi connectivity index (χ4n) is 1.97. The van der Waals surface area contributed by atoms with E-state index in [9.17, 15) is 0 Å². The number of benzene rings is 1. The molecule has 1 aliphatic carbocycles. The van der Waals surface area contributed by atoms with Crippen LogP contribution in [0.15, 0.2) is 24.3 Å². The second kappa shape index (κ2) is 3.28. The summed E-state index contributed by atoms with van der Waals surface area (Å²) in [5, 5.41) is 0. The van der Waals surface area contributed by atoms with Crippen LogP contribution in [0.4, 0.5) is 0 Å². The second-order valence-electron chi connectivity index (χ2n) is 3.61. The number of hydrogen-bond acceptors (Lipinski definition) is 1. The van der Waals surface area contributed by atoms with Crippen LogP contribution in [0.1, 0.15) is 17.5 Å². The van der Waals surface area contributed by atoms with Crippen LogP contribution in [-0.2, 0) is 12.8 Å². The number of fused-ring (bicyclic) bond motifs is 1. The van der Waals surface area contributed by atoms with Crippen LogP contribution >= 0.6 is 0 Å². The molecule has 1 aliphatic rings. The zero-order valence-corrected chi connectivity index (χ0v) is 7.29. The Bertz CT molecular complexity index is 267. The zero-order chi connectivity index (χ0) is 8.39.